The van der Waals surface area contributed by atoms with E-state index in [1.807, 2.05) is 4.68 Å². The number of nitrogen functional groups attached to an aromatic ring is 1. The number of hydrogen-bond donors (Lipinski definition) is 1. The van der Waals surface area contributed by atoms with Gasteiger partial charge in [0.15, 0.2) is 0 Å². The van der Waals surface area contributed by atoms with Gasteiger partial charge < -0.3 is 5.73 Å². The van der Waals surface area contributed by atoms with Crippen molar-refractivity contribution in [2.45, 2.75) is 46.1 Å². The molecule has 90 valence electrons. The van der Waals surface area contributed by atoms with Crippen molar-refractivity contribution in [1.82, 2.24) is 9.78 Å². The van der Waals surface area contributed by atoms with Crippen molar-refractivity contribution in [2.24, 2.45) is 11.3 Å². The molecule has 1 aromatic rings. The number of nitrogens with two attached hydrogens (primary N) is 1. The fourth-order valence-corrected chi connectivity index (χ4v) is 3.18. The summed E-state index contributed by atoms with van der Waals surface area (Å²) in [6.45, 7) is 7.00. The van der Waals surface area contributed by atoms with Gasteiger partial charge in [0.1, 0.15) is 5.82 Å². The molecule has 4 heteroatoms. The average molecular weight is 286 g/mol. The molecule has 1 fully saturated rings. The Hall–Kier alpha value is -0.510. The highest BCUT2D eigenvalue weighted by Crippen LogP contribution is 2.44. The summed E-state index contributed by atoms with van der Waals surface area (Å²) in [5.41, 5.74) is 6.48. The van der Waals surface area contributed by atoms with Crippen LogP contribution in [0.3, 0.4) is 0 Å². The number of halogens is 1. The second-order valence-corrected chi connectivity index (χ2v) is 6.63. The third-order valence-corrected chi connectivity index (χ3v) is 4.36. The molecule has 0 aliphatic heterocycles. The van der Waals surface area contributed by atoms with E-state index in [1.54, 1.807) is 6.20 Å². The van der Waals surface area contributed by atoms with Gasteiger partial charge in [-0.3, -0.25) is 0 Å². The minimum Gasteiger partial charge on any atom is -0.383 e. The van der Waals surface area contributed by atoms with Crippen LogP contribution in [0.4, 0.5) is 5.82 Å². The van der Waals surface area contributed by atoms with Crippen molar-refractivity contribution in [1.29, 1.82) is 0 Å². The van der Waals surface area contributed by atoms with E-state index in [1.165, 1.54) is 19.3 Å². The van der Waals surface area contributed by atoms with Gasteiger partial charge in [0.25, 0.3) is 0 Å². The van der Waals surface area contributed by atoms with Crippen LogP contribution in [0.25, 0.3) is 0 Å². The summed E-state index contributed by atoms with van der Waals surface area (Å²) in [5, 5.41) is 4.38. The summed E-state index contributed by atoms with van der Waals surface area (Å²) in [6, 6.07) is 0.458. The van der Waals surface area contributed by atoms with Crippen LogP contribution in [0.5, 0.6) is 0 Å². The number of hydrogen-bond acceptors (Lipinski definition) is 2. The molecular weight excluding hydrogens is 266 g/mol. The quantitative estimate of drug-likeness (QED) is 0.857. The average Bonchev–Trinajstić information content (AvgIpc) is 2.48. The van der Waals surface area contributed by atoms with Crippen LogP contribution >= 0.6 is 15.9 Å². The first-order chi connectivity index (χ1) is 7.41. The van der Waals surface area contributed by atoms with E-state index in [-0.39, 0.29) is 0 Å². The van der Waals surface area contributed by atoms with Gasteiger partial charge in [0.2, 0.25) is 0 Å². The molecule has 1 aliphatic rings. The highest BCUT2D eigenvalue weighted by molar-refractivity contribution is 9.10. The number of rotatable bonds is 1. The Morgan fingerprint density at radius 1 is 1.56 bits per heavy atom. The second-order valence-electron chi connectivity index (χ2n) is 5.77. The topological polar surface area (TPSA) is 43.8 Å². The van der Waals surface area contributed by atoms with Gasteiger partial charge in [0, 0.05) is 0 Å². The van der Waals surface area contributed by atoms with Crippen LogP contribution in [-0.2, 0) is 0 Å². The maximum atomic E-state index is 6.02. The first-order valence-corrected chi connectivity index (χ1v) is 6.68. The Morgan fingerprint density at radius 2 is 2.25 bits per heavy atom. The molecule has 0 spiro atoms. The fraction of sp³-hybridized carbons (Fsp3) is 0.750. The Balaban J connectivity index is 2.21. The van der Waals surface area contributed by atoms with Gasteiger partial charge in [-0.15, -0.1) is 0 Å². The SMILES string of the molecule is CC1CC(C)(C)CCC1n1ncc(Br)c1N. The molecule has 1 saturated carbocycles. The lowest BCUT2D eigenvalue weighted by Gasteiger charge is -2.39. The largest absolute Gasteiger partial charge is 0.383 e. The van der Waals surface area contributed by atoms with Gasteiger partial charge in [-0.05, 0) is 46.5 Å². The van der Waals surface area contributed by atoms with Crippen LogP contribution in [-0.4, -0.2) is 9.78 Å². The summed E-state index contributed by atoms with van der Waals surface area (Å²) in [4.78, 5) is 0. The smallest absolute Gasteiger partial charge is 0.136 e. The van der Waals surface area contributed by atoms with Gasteiger partial charge in [-0.2, -0.15) is 5.10 Å². The monoisotopic (exact) mass is 285 g/mol. The predicted molar refractivity (Wildman–Crippen MR) is 70.2 cm³/mol. The van der Waals surface area contributed by atoms with E-state index >= 15 is 0 Å². The minimum atomic E-state index is 0.458. The number of nitrogens with zero attached hydrogens (tertiary/aromatic N) is 2. The highest BCUT2D eigenvalue weighted by atomic mass is 79.9. The zero-order valence-electron chi connectivity index (χ0n) is 10.2. The van der Waals surface area contributed by atoms with Gasteiger partial charge >= 0.3 is 0 Å². The molecule has 0 saturated heterocycles. The maximum Gasteiger partial charge on any atom is 0.136 e. The zero-order valence-corrected chi connectivity index (χ0v) is 11.8. The molecule has 0 aromatic carbocycles. The first-order valence-electron chi connectivity index (χ1n) is 5.89. The first kappa shape index (κ1) is 12.0. The molecule has 1 aliphatic carbocycles. The van der Waals surface area contributed by atoms with E-state index in [0.717, 1.165) is 10.3 Å². The van der Waals surface area contributed by atoms with Gasteiger partial charge in [0.05, 0.1) is 16.7 Å². The molecule has 3 nitrogen and oxygen atoms in total. The van der Waals surface area contributed by atoms with Crippen LogP contribution < -0.4 is 5.73 Å². The van der Waals surface area contributed by atoms with Gasteiger partial charge in [-0.25, -0.2) is 4.68 Å². The molecule has 0 amide bonds. The summed E-state index contributed by atoms with van der Waals surface area (Å²) < 4.78 is 2.90. The molecule has 0 radical (unpaired) electrons. The summed E-state index contributed by atoms with van der Waals surface area (Å²) in [7, 11) is 0. The Kier molecular flexibility index (Phi) is 3.03. The van der Waals surface area contributed by atoms with Gasteiger partial charge in [-0.1, -0.05) is 20.8 Å². The standard InChI is InChI=1S/C12H20BrN3/c1-8-6-12(2,3)5-4-10(8)16-11(14)9(13)7-15-16/h7-8,10H,4-6,14H2,1-3H3. The molecule has 2 unspecified atom stereocenters. The Bertz CT molecular complexity index is 384. The van der Waals surface area contributed by atoms with E-state index in [9.17, 15) is 0 Å². The lowest BCUT2D eigenvalue weighted by molar-refractivity contribution is 0.127. The third kappa shape index (κ3) is 2.12. The van der Waals surface area contributed by atoms with Crippen molar-refractivity contribution in [3.05, 3.63) is 10.7 Å². The van der Waals surface area contributed by atoms with E-state index in [2.05, 4.69) is 41.8 Å². The minimum absolute atomic E-state index is 0.458. The highest BCUT2D eigenvalue weighted by Gasteiger charge is 2.34. The van der Waals surface area contributed by atoms with Crippen LogP contribution in [0.15, 0.2) is 10.7 Å². The normalized spacial score (nSPS) is 29.2. The van der Waals surface area contributed by atoms with Crippen molar-refractivity contribution in [2.75, 3.05) is 5.73 Å². The predicted octanol–water partition coefficient (Wildman–Crippen LogP) is 3.62. The lowest BCUT2D eigenvalue weighted by Crippen LogP contribution is -2.31. The Labute approximate surface area is 106 Å². The molecule has 1 aromatic heterocycles. The Morgan fingerprint density at radius 3 is 2.75 bits per heavy atom. The van der Waals surface area contributed by atoms with E-state index in [0.29, 0.717) is 17.4 Å². The molecule has 2 N–H and O–H groups in total. The third-order valence-electron chi connectivity index (χ3n) is 3.75. The van der Waals surface area contributed by atoms with Crippen LogP contribution in [0.1, 0.15) is 46.1 Å². The van der Waals surface area contributed by atoms with Crippen molar-refractivity contribution >= 4 is 21.7 Å². The molecular formula is C12H20BrN3. The molecule has 1 heterocycles. The van der Waals surface area contributed by atoms with Crippen LogP contribution in [0, 0.1) is 11.3 Å². The summed E-state index contributed by atoms with van der Waals surface area (Å²) in [5.74, 6) is 1.40. The summed E-state index contributed by atoms with van der Waals surface area (Å²) in [6.07, 6.45) is 5.46. The number of anilines is 1. The van der Waals surface area contributed by atoms with E-state index in [4.69, 9.17) is 5.73 Å². The molecule has 16 heavy (non-hydrogen) atoms. The zero-order chi connectivity index (χ0) is 11.9. The summed E-state index contributed by atoms with van der Waals surface area (Å²) >= 11 is 3.42. The van der Waals surface area contributed by atoms with Crippen molar-refractivity contribution in [3.8, 4) is 0 Å². The number of aromatic nitrogens is 2. The van der Waals surface area contributed by atoms with Crippen molar-refractivity contribution < 1.29 is 0 Å². The molecule has 2 atom stereocenters. The van der Waals surface area contributed by atoms with E-state index < -0.39 is 0 Å². The fourth-order valence-electron chi connectivity index (χ4n) is 2.91. The molecule has 2 rings (SSSR count). The molecule has 0 bridgehead atoms. The maximum absolute atomic E-state index is 6.02. The van der Waals surface area contributed by atoms with Crippen molar-refractivity contribution in [3.63, 3.8) is 0 Å². The lowest BCUT2D eigenvalue weighted by atomic mass is 9.70. The second kappa shape index (κ2) is 4.06. The van der Waals surface area contributed by atoms with Crippen LogP contribution in [0.2, 0.25) is 0 Å².